The molecule has 29 heavy (non-hydrogen) atoms. The molecule has 8 heteroatoms. The van der Waals surface area contributed by atoms with Gasteiger partial charge in [-0.25, -0.2) is 9.78 Å². The molecule has 0 spiro atoms. The van der Waals surface area contributed by atoms with Crippen LogP contribution in [0.2, 0.25) is 0 Å². The molecule has 1 aromatic carbocycles. The number of nitrogens with zero attached hydrogens (tertiary/aromatic N) is 2. The van der Waals surface area contributed by atoms with E-state index in [9.17, 15) is 14.7 Å². The number of esters is 1. The van der Waals surface area contributed by atoms with Crippen LogP contribution in [0.25, 0.3) is 0 Å². The van der Waals surface area contributed by atoms with Crippen LogP contribution in [0.3, 0.4) is 0 Å². The number of aromatic nitrogens is 1. The highest BCUT2D eigenvalue weighted by molar-refractivity contribution is 5.79. The number of carboxylic acid groups (broad SMARTS) is 1. The van der Waals surface area contributed by atoms with E-state index in [1.165, 1.54) is 12.5 Å². The molecule has 0 bridgehead atoms. The van der Waals surface area contributed by atoms with Crippen molar-refractivity contribution >= 4 is 11.9 Å². The first kappa shape index (κ1) is 22.4. The molecule has 0 atom stereocenters. The second kappa shape index (κ2) is 9.56. The van der Waals surface area contributed by atoms with Gasteiger partial charge in [0, 0.05) is 6.54 Å². The Morgan fingerprint density at radius 1 is 1.21 bits per heavy atom. The van der Waals surface area contributed by atoms with Crippen molar-refractivity contribution in [3.63, 3.8) is 0 Å². The average molecular weight is 404 g/mol. The van der Waals surface area contributed by atoms with Crippen molar-refractivity contribution in [3.8, 4) is 5.75 Å². The van der Waals surface area contributed by atoms with E-state index in [0.717, 1.165) is 16.7 Å². The number of carboxylic acids is 1. The van der Waals surface area contributed by atoms with Crippen LogP contribution in [0.5, 0.6) is 5.75 Å². The monoisotopic (exact) mass is 404 g/mol. The molecule has 1 aromatic heterocycles. The molecule has 0 radical (unpaired) electrons. The normalized spacial score (nSPS) is 11.5. The molecule has 0 aliphatic rings. The minimum absolute atomic E-state index is 0.144. The number of carbonyl (C=O) groups is 2. The van der Waals surface area contributed by atoms with E-state index in [-0.39, 0.29) is 19.7 Å². The third-order valence-corrected chi connectivity index (χ3v) is 4.25. The molecular weight excluding hydrogens is 376 g/mol. The van der Waals surface area contributed by atoms with E-state index in [1.54, 1.807) is 25.7 Å². The lowest BCUT2D eigenvalue weighted by atomic mass is 10.0. The van der Waals surface area contributed by atoms with Crippen molar-refractivity contribution in [2.75, 3.05) is 13.2 Å². The molecule has 0 saturated carbocycles. The molecule has 8 nitrogen and oxygen atoms in total. The highest BCUT2D eigenvalue weighted by Crippen LogP contribution is 2.29. The van der Waals surface area contributed by atoms with Gasteiger partial charge < -0.3 is 19.0 Å². The average Bonchev–Trinajstić information content (AvgIpc) is 3.11. The summed E-state index contributed by atoms with van der Waals surface area (Å²) in [7, 11) is 0. The highest BCUT2D eigenvalue weighted by atomic mass is 16.6. The minimum atomic E-state index is -1.12. The van der Waals surface area contributed by atoms with Gasteiger partial charge in [-0.05, 0) is 51.3 Å². The molecule has 1 N–H and O–H groups in total. The summed E-state index contributed by atoms with van der Waals surface area (Å²) < 4.78 is 16.3. The summed E-state index contributed by atoms with van der Waals surface area (Å²) >= 11 is 0. The molecule has 1 heterocycles. The fourth-order valence-corrected chi connectivity index (χ4v) is 3.03. The number of rotatable bonds is 10. The zero-order chi connectivity index (χ0) is 21.6. The van der Waals surface area contributed by atoms with Gasteiger partial charge in [0.2, 0.25) is 5.89 Å². The third kappa shape index (κ3) is 6.32. The van der Waals surface area contributed by atoms with Gasteiger partial charge in [0.15, 0.2) is 5.60 Å². The van der Waals surface area contributed by atoms with Crippen molar-refractivity contribution < 1.29 is 28.6 Å². The fourth-order valence-electron chi connectivity index (χ4n) is 3.03. The molecule has 158 valence electrons. The number of ether oxygens (including phenoxy) is 2. The number of hydrogen-bond acceptors (Lipinski definition) is 7. The van der Waals surface area contributed by atoms with Crippen molar-refractivity contribution in [2.24, 2.45) is 0 Å². The Hall–Kier alpha value is -2.87. The second-order valence-corrected chi connectivity index (χ2v) is 7.36. The van der Waals surface area contributed by atoms with E-state index in [2.05, 4.69) is 4.98 Å². The Balaban J connectivity index is 2.20. The highest BCUT2D eigenvalue weighted by Gasteiger charge is 2.32. The van der Waals surface area contributed by atoms with E-state index >= 15 is 0 Å². The Morgan fingerprint density at radius 3 is 2.38 bits per heavy atom. The SMILES string of the molecule is CCOC(=O)C(C)(C)Oc1c(C)cc(CN(CC(=O)O)Cc2ncco2)cc1C. The van der Waals surface area contributed by atoms with Crippen LogP contribution in [-0.2, 0) is 27.4 Å². The first-order chi connectivity index (χ1) is 13.6. The first-order valence-electron chi connectivity index (χ1n) is 9.41. The predicted molar refractivity (Wildman–Crippen MR) is 106 cm³/mol. The first-order valence-corrected chi connectivity index (χ1v) is 9.41. The molecule has 0 unspecified atom stereocenters. The Labute approximate surface area is 170 Å². The maximum Gasteiger partial charge on any atom is 0.349 e. The van der Waals surface area contributed by atoms with E-state index in [0.29, 0.717) is 18.2 Å². The topological polar surface area (TPSA) is 102 Å². The van der Waals surface area contributed by atoms with Crippen LogP contribution in [0.15, 0.2) is 29.0 Å². The Kier molecular flexibility index (Phi) is 7.39. The van der Waals surface area contributed by atoms with Crippen LogP contribution in [0.1, 0.15) is 43.4 Å². The van der Waals surface area contributed by atoms with Gasteiger partial charge in [0.05, 0.1) is 25.9 Å². The van der Waals surface area contributed by atoms with Crippen molar-refractivity contribution in [3.05, 3.63) is 47.2 Å². The van der Waals surface area contributed by atoms with E-state index in [4.69, 9.17) is 13.9 Å². The van der Waals surface area contributed by atoms with Gasteiger partial charge >= 0.3 is 11.9 Å². The van der Waals surface area contributed by atoms with Gasteiger partial charge in [0.25, 0.3) is 0 Å². The minimum Gasteiger partial charge on any atom is -0.480 e. The van der Waals surface area contributed by atoms with Crippen LogP contribution in [-0.4, -0.2) is 45.7 Å². The number of benzene rings is 1. The Morgan fingerprint density at radius 2 is 1.86 bits per heavy atom. The molecule has 0 aliphatic heterocycles. The summed E-state index contributed by atoms with van der Waals surface area (Å²) in [4.78, 5) is 29.2. The van der Waals surface area contributed by atoms with Crippen molar-refractivity contribution in [1.29, 1.82) is 0 Å². The van der Waals surface area contributed by atoms with E-state index < -0.39 is 17.5 Å². The third-order valence-electron chi connectivity index (χ3n) is 4.25. The summed E-state index contributed by atoms with van der Waals surface area (Å²) in [5.74, 6) is -0.289. The number of hydrogen-bond donors (Lipinski definition) is 1. The molecule has 0 aliphatic carbocycles. The van der Waals surface area contributed by atoms with Gasteiger partial charge in [-0.1, -0.05) is 12.1 Å². The maximum absolute atomic E-state index is 12.1. The predicted octanol–water partition coefficient (Wildman–Crippen LogP) is 3.10. The lowest BCUT2D eigenvalue weighted by molar-refractivity contribution is -0.158. The molecule has 0 saturated heterocycles. The largest absolute Gasteiger partial charge is 0.480 e. The van der Waals surface area contributed by atoms with Crippen molar-refractivity contribution in [1.82, 2.24) is 9.88 Å². The van der Waals surface area contributed by atoms with Crippen molar-refractivity contribution in [2.45, 2.75) is 53.3 Å². The van der Waals surface area contributed by atoms with Crippen LogP contribution < -0.4 is 4.74 Å². The summed E-state index contributed by atoms with van der Waals surface area (Å²) in [5.41, 5.74) is 1.51. The second-order valence-electron chi connectivity index (χ2n) is 7.36. The number of aliphatic carboxylic acids is 1. The summed E-state index contributed by atoms with van der Waals surface area (Å²) in [6.07, 6.45) is 2.99. The van der Waals surface area contributed by atoms with Gasteiger partial charge in [-0.3, -0.25) is 9.69 Å². The molecule has 2 aromatic rings. The lowest BCUT2D eigenvalue weighted by Crippen LogP contribution is -2.40. The number of carbonyl (C=O) groups excluding carboxylic acids is 1. The zero-order valence-electron chi connectivity index (χ0n) is 17.5. The van der Waals surface area contributed by atoms with Crippen LogP contribution in [0, 0.1) is 13.8 Å². The maximum atomic E-state index is 12.1. The summed E-state index contributed by atoms with van der Waals surface area (Å²) in [6, 6.07) is 3.85. The quantitative estimate of drug-likeness (QED) is 0.603. The smallest absolute Gasteiger partial charge is 0.349 e. The number of aryl methyl sites for hydroxylation is 2. The molecular formula is C21H28N2O6. The van der Waals surface area contributed by atoms with Crippen LogP contribution in [0.4, 0.5) is 0 Å². The van der Waals surface area contributed by atoms with Crippen LogP contribution >= 0.6 is 0 Å². The summed E-state index contributed by atoms with van der Waals surface area (Å²) in [6.45, 7) is 9.70. The van der Waals surface area contributed by atoms with Gasteiger partial charge in [-0.15, -0.1) is 0 Å². The lowest BCUT2D eigenvalue weighted by Gasteiger charge is -2.27. The molecule has 0 amide bonds. The van der Waals surface area contributed by atoms with Gasteiger partial charge in [-0.2, -0.15) is 0 Å². The number of oxazole rings is 1. The zero-order valence-corrected chi connectivity index (χ0v) is 17.5. The molecule has 0 fully saturated rings. The summed E-state index contributed by atoms with van der Waals surface area (Å²) in [5, 5.41) is 9.21. The van der Waals surface area contributed by atoms with Gasteiger partial charge in [0.1, 0.15) is 12.0 Å². The molecule has 2 rings (SSSR count). The standard InChI is InChI=1S/C21H28N2O6/c1-6-27-20(26)21(4,5)29-19-14(2)9-16(10-15(19)3)11-23(13-18(24)25)12-17-22-7-8-28-17/h7-10H,6,11-13H2,1-5H3,(H,24,25). The fraction of sp³-hybridized carbons (Fsp3) is 0.476. The van der Waals surface area contributed by atoms with E-state index in [1.807, 2.05) is 26.0 Å². The Bertz CT molecular complexity index is 822.